The van der Waals surface area contributed by atoms with Crippen LogP contribution >= 0.6 is 24.8 Å². The molecule has 4 rings (SSSR count). The maximum absolute atomic E-state index is 12.7. The summed E-state index contributed by atoms with van der Waals surface area (Å²) in [6, 6.07) is 4.23. The minimum absolute atomic E-state index is 0. The molecule has 1 amide bonds. The van der Waals surface area contributed by atoms with Crippen molar-refractivity contribution in [3.63, 3.8) is 0 Å². The normalized spacial score (nSPS) is 29.9. The van der Waals surface area contributed by atoms with Crippen LogP contribution < -0.4 is 16.0 Å². The van der Waals surface area contributed by atoms with Crippen LogP contribution in [0.3, 0.4) is 0 Å². The van der Waals surface area contributed by atoms with Crippen molar-refractivity contribution < 1.29 is 9.53 Å². The number of fused-ring (bicyclic) bond motifs is 2. The van der Waals surface area contributed by atoms with Crippen LogP contribution in [0.15, 0.2) is 18.3 Å². The van der Waals surface area contributed by atoms with Gasteiger partial charge in [0.1, 0.15) is 5.82 Å². The van der Waals surface area contributed by atoms with Crippen LogP contribution in [-0.4, -0.2) is 43.2 Å². The summed E-state index contributed by atoms with van der Waals surface area (Å²) in [6.07, 6.45) is 7.25. The Balaban J connectivity index is 0.00000131. The highest BCUT2D eigenvalue weighted by Gasteiger charge is 2.40. The first-order valence-corrected chi connectivity index (χ1v) is 9.56. The molecule has 2 saturated carbocycles. The molecule has 3 N–H and O–H groups in total. The molecule has 1 aliphatic heterocycles. The van der Waals surface area contributed by atoms with Crippen LogP contribution in [0.25, 0.3) is 0 Å². The average molecular weight is 417 g/mol. The van der Waals surface area contributed by atoms with Crippen molar-refractivity contribution in [3.8, 4) is 0 Å². The van der Waals surface area contributed by atoms with Crippen LogP contribution in [0.1, 0.15) is 32.1 Å². The third-order valence-corrected chi connectivity index (χ3v) is 6.13. The van der Waals surface area contributed by atoms with Gasteiger partial charge in [0.2, 0.25) is 5.91 Å². The van der Waals surface area contributed by atoms with E-state index in [2.05, 4.69) is 15.2 Å². The molecule has 0 aromatic carbocycles. The number of halogens is 2. The fourth-order valence-corrected chi connectivity index (χ4v) is 4.69. The molecular weight excluding hydrogens is 387 g/mol. The van der Waals surface area contributed by atoms with Gasteiger partial charge in [0.05, 0.1) is 25.1 Å². The minimum atomic E-state index is 0. The van der Waals surface area contributed by atoms with E-state index in [-0.39, 0.29) is 36.6 Å². The molecule has 0 radical (unpaired) electrons. The number of hydrogen-bond acceptors (Lipinski definition) is 5. The highest BCUT2D eigenvalue weighted by atomic mass is 35.5. The number of pyridine rings is 1. The molecule has 0 spiro atoms. The highest BCUT2D eigenvalue weighted by molar-refractivity contribution is 5.92. The van der Waals surface area contributed by atoms with Gasteiger partial charge >= 0.3 is 0 Å². The minimum Gasteiger partial charge on any atom is -0.378 e. The van der Waals surface area contributed by atoms with Gasteiger partial charge in [-0.05, 0) is 49.7 Å². The third kappa shape index (κ3) is 5.05. The molecule has 3 fully saturated rings. The number of hydrogen-bond donors (Lipinski definition) is 2. The number of aromatic nitrogens is 1. The number of anilines is 2. The zero-order valence-corrected chi connectivity index (χ0v) is 17.1. The SMILES string of the molecule is Cl.Cl.NC1C2CCCC1CC(C(=O)Nc1ccc(N3CCOCC3)nc1)C2. The van der Waals surface area contributed by atoms with E-state index >= 15 is 0 Å². The van der Waals surface area contributed by atoms with Crippen molar-refractivity contribution in [2.45, 2.75) is 38.1 Å². The molecule has 2 atom stereocenters. The number of nitrogens with two attached hydrogens (primary N) is 1. The fraction of sp³-hybridized carbons (Fsp3) is 0.684. The van der Waals surface area contributed by atoms with E-state index in [1.54, 1.807) is 6.20 Å². The van der Waals surface area contributed by atoms with Gasteiger partial charge in [0.25, 0.3) is 0 Å². The number of amides is 1. The summed E-state index contributed by atoms with van der Waals surface area (Å²) in [5.41, 5.74) is 7.11. The number of rotatable bonds is 3. The fourth-order valence-electron chi connectivity index (χ4n) is 4.69. The Morgan fingerprint density at radius 3 is 2.41 bits per heavy atom. The quantitative estimate of drug-likeness (QED) is 0.791. The second kappa shape index (κ2) is 9.92. The lowest BCUT2D eigenvalue weighted by Crippen LogP contribution is -2.48. The highest BCUT2D eigenvalue weighted by Crippen LogP contribution is 2.42. The molecule has 152 valence electrons. The Morgan fingerprint density at radius 2 is 1.81 bits per heavy atom. The summed E-state index contributed by atoms with van der Waals surface area (Å²) in [5, 5.41) is 3.06. The Morgan fingerprint density at radius 1 is 1.15 bits per heavy atom. The summed E-state index contributed by atoms with van der Waals surface area (Å²) in [6.45, 7) is 3.21. The predicted molar refractivity (Wildman–Crippen MR) is 112 cm³/mol. The zero-order valence-electron chi connectivity index (χ0n) is 15.5. The van der Waals surface area contributed by atoms with E-state index in [0.29, 0.717) is 17.9 Å². The lowest BCUT2D eigenvalue weighted by molar-refractivity contribution is -0.122. The summed E-state index contributed by atoms with van der Waals surface area (Å²) in [7, 11) is 0. The molecule has 8 heteroatoms. The number of carbonyl (C=O) groups is 1. The number of nitrogens with zero attached hydrogens (tertiary/aromatic N) is 2. The van der Waals surface area contributed by atoms with E-state index in [4.69, 9.17) is 10.5 Å². The van der Waals surface area contributed by atoms with Gasteiger partial charge in [0.15, 0.2) is 0 Å². The topological polar surface area (TPSA) is 80.5 Å². The van der Waals surface area contributed by atoms with Crippen molar-refractivity contribution in [2.75, 3.05) is 36.5 Å². The van der Waals surface area contributed by atoms with Crippen molar-refractivity contribution in [3.05, 3.63) is 18.3 Å². The van der Waals surface area contributed by atoms with Crippen LogP contribution in [0.5, 0.6) is 0 Å². The standard InChI is InChI=1S/C19H28N4O2.2ClH/c20-18-13-2-1-3-14(18)11-15(10-13)19(24)22-16-4-5-17(21-12-16)23-6-8-25-9-7-23;;/h4-5,12-15,18H,1-3,6-11,20H2,(H,22,24);2*1H. The molecule has 2 bridgehead atoms. The van der Waals surface area contributed by atoms with E-state index in [1.165, 1.54) is 19.3 Å². The van der Waals surface area contributed by atoms with Crippen molar-refractivity contribution in [1.82, 2.24) is 4.98 Å². The zero-order chi connectivity index (χ0) is 17.2. The summed E-state index contributed by atoms with van der Waals surface area (Å²) >= 11 is 0. The molecule has 2 heterocycles. The molecular formula is C19H30Cl2N4O2. The lowest BCUT2D eigenvalue weighted by Gasteiger charge is -2.43. The van der Waals surface area contributed by atoms with Gasteiger partial charge in [-0.2, -0.15) is 0 Å². The van der Waals surface area contributed by atoms with Crippen LogP contribution in [0.2, 0.25) is 0 Å². The largest absolute Gasteiger partial charge is 0.378 e. The van der Waals surface area contributed by atoms with E-state index < -0.39 is 0 Å². The van der Waals surface area contributed by atoms with E-state index in [0.717, 1.165) is 50.7 Å². The average Bonchev–Trinajstić information content (AvgIpc) is 2.63. The summed E-state index contributed by atoms with van der Waals surface area (Å²) in [4.78, 5) is 19.4. The van der Waals surface area contributed by atoms with Crippen molar-refractivity contribution >= 4 is 42.2 Å². The van der Waals surface area contributed by atoms with Crippen LogP contribution in [-0.2, 0) is 9.53 Å². The Hall–Kier alpha value is -1.08. The molecule has 2 unspecified atom stereocenters. The monoisotopic (exact) mass is 416 g/mol. The molecule has 1 aromatic heterocycles. The second-order valence-corrected chi connectivity index (χ2v) is 7.69. The molecule has 3 aliphatic rings. The maximum Gasteiger partial charge on any atom is 0.227 e. The van der Waals surface area contributed by atoms with Crippen LogP contribution in [0.4, 0.5) is 11.5 Å². The Bertz CT molecular complexity index is 596. The summed E-state index contributed by atoms with van der Waals surface area (Å²) in [5.74, 6) is 2.20. The molecule has 27 heavy (non-hydrogen) atoms. The predicted octanol–water partition coefficient (Wildman–Crippen LogP) is 2.85. The van der Waals surface area contributed by atoms with Gasteiger partial charge in [-0.1, -0.05) is 6.42 Å². The van der Waals surface area contributed by atoms with Gasteiger partial charge in [-0.3, -0.25) is 4.79 Å². The number of ether oxygens (including phenoxy) is 1. The van der Waals surface area contributed by atoms with Crippen molar-refractivity contribution in [2.24, 2.45) is 23.5 Å². The first kappa shape index (κ1) is 22.2. The molecule has 1 aromatic rings. The first-order chi connectivity index (χ1) is 12.2. The summed E-state index contributed by atoms with van der Waals surface area (Å²) < 4.78 is 5.37. The number of carbonyl (C=O) groups excluding carboxylic acids is 1. The van der Waals surface area contributed by atoms with Gasteiger partial charge in [-0.15, -0.1) is 24.8 Å². The van der Waals surface area contributed by atoms with Gasteiger partial charge in [-0.25, -0.2) is 4.98 Å². The maximum atomic E-state index is 12.7. The molecule has 6 nitrogen and oxygen atoms in total. The third-order valence-electron chi connectivity index (χ3n) is 6.13. The van der Waals surface area contributed by atoms with Crippen molar-refractivity contribution in [1.29, 1.82) is 0 Å². The molecule has 2 aliphatic carbocycles. The lowest BCUT2D eigenvalue weighted by atomic mass is 9.65. The van der Waals surface area contributed by atoms with Gasteiger partial charge in [0, 0.05) is 25.0 Å². The first-order valence-electron chi connectivity index (χ1n) is 9.56. The number of nitrogens with one attached hydrogen (secondary N) is 1. The van der Waals surface area contributed by atoms with E-state index in [9.17, 15) is 4.79 Å². The smallest absolute Gasteiger partial charge is 0.227 e. The number of morpholine rings is 1. The Labute approximate surface area is 173 Å². The van der Waals surface area contributed by atoms with E-state index in [1.807, 2.05) is 12.1 Å². The van der Waals surface area contributed by atoms with Gasteiger partial charge < -0.3 is 20.7 Å². The molecule has 1 saturated heterocycles. The Kier molecular flexibility index (Phi) is 8.16. The second-order valence-electron chi connectivity index (χ2n) is 7.69. The van der Waals surface area contributed by atoms with Crippen LogP contribution in [0, 0.1) is 17.8 Å².